The highest BCUT2D eigenvalue weighted by Gasteiger charge is 2.22. The van der Waals surface area contributed by atoms with E-state index in [2.05, 4.69) is 50.4 Å². The molecule has 20 heavy (non-hydrogen) atoms. The lowest BCUT2D eigenvalue weighted by molar-refractivity contribution is 0.0317. The van der Waals surface area contributed by atoms with Gasteiger partial charge in [0.2, 0.25) is 0 Å². The van der Waals surface area contributed by atoms with Crippen molar-refractivity contribution in [2.24, 2.45) is 0 Å². The zero-order chi connectivity index (χ0) is 15.3. The van der Waals surface area contributed by atoms with E-state index in [0.717, 1.165) is 0 Å². The molecule has 2 unspecified atom stereocenters. The van der Waals surface area contributed by atoms with Gasteiger partial charge in [0.25, 0.3) is 0 Å². The SMILES string of the molecule is CC(C)c1ccc(C(C)NCC(C)(O)CN(C)C)cc1. The Kier molecular flexibility index (Phi) is 6.18. The average molecular weight is 278 g/mol. The molecule has 0 aliphatic carbocycles. The molecule has 0 aliphatic heterocycles. The van der Waals surface area contributed by atoms with Gasteiger partial charge in [-0.3, -0.25) is 0 Å². The van der Waals surface area contributed by atoms with Gasteiger partial charge in [-0.2, -0.15) is 0 Å². The maximum absolute atomic E-state index is 10.3. The second-order valence-electron chi connectivity index (χ2n) is 6.66. The highest BCUT2D eigenvalue weighted by molar-refractivity contribution is 5.26. The van der Waals surface area contributed by atoms with Crippen LogP contribution in [0.3, 0.4) is 0 Å². The summed E-state index contributed by atoms with van der Waals surface area (Å²) in [6.07, 6.45) is 0. The Morgan fingerprint density at radius 1 is 1.10 bits per heavy atom. The zero-order valence-electron chi connectivity index (χ0n) is 13.8. The lowest BCUT2D eigenvalue weighted by atomic mass is 9.99. The van der Waals surface area contributed by atoms with Crippen molar-refractivity contribution in [3.05, 3.63) is 35.4 Å². The van der Waals surface area contributed by atoms with Crippen LogP contribution in [0.15, 0.2) is 24.3 Å². The third-order valence-corrected chi connectivity index (χ3v) is 3.55. The standard InChI is InChI=1S/C17H30N2O/c1-13(2)15-7-9-16(10-8-15)14(3)18-11-17(4,20)12-19(5)6/h7-10,13-14,18,20H,11-12H2,1-6H3. The maximum Gasteiger partial charge on any atom is 0.0869 e. The minimum Gasteiger partial charge on any atom is -0.388 e. The molecule has 1 aromatic carbocycles. The fourth-order valence-corrected chi connectivity index (χ4v) is 2.40. The third kappa shape index (κ3) is 5.61. The van der Waals surface area contributed by atoms with Gasteiger partial charge in [-0.15, -0.1) is 0 Å². The summed E-state index contributed by atoms with van der Waals surface area (Å²) >= 11 is 0. The van der Waals surface area contributed by atoms with Crippen LogP contribution in [0.4, 0.5) is 0 Å². The van der Waals surface area contributed by atoms with E-state index >= 15 is 0 Å². The van der Waals surface area contributed by atoms with Crippen LogP contribution in [-0.4, -0.2) is 42.8 Å². The summed E-state index contributed by atoms with van der Waals surface area (Å²) in [5, 5.41) is 13.7. The monoisotopic (exact) mass is 278 g/mol. The molecule has 114 valence electrons. The van der Waals surface area contributed by atoms with Gasteiger partial charge in [-0.1, -0.05) is 38.1 Å². The van der Waals surface area contributed by atoms with Crippen molar-refractivity contribution in [3.8, 4) is 0 Å². The Morgan fingerprint density at radius 2 is 1.60 bits per heavy atom. The van der Waals surface area contributed by atoms with Gasteiger partial charge in [0.1, 0.15) is 0 Å². The van der Waals surface area contributed by atoms with Crippen LogP contribution in [0.5, 0.6) is 0 Å². The molecule has 0 aliphatic rings. The van der Waals surface area contributed by atoms with Crippen LogP contribution in [0.1, 0.15) is 50.8 Å². The summed E-state index contributed by atoms with van der Waals surface area (Å²) in [6.45, 7) is 9.65. The number of benzene rings is 1. The number of aliphatic hydroxyl groups is 1. The van der Waals surface area contributed by atoms with Gasteiger partial charge in [0.15, 0.2) is 0 Å². The summed E-state index contributed by atoms with van der Waals surface area (Å²) in [7, 11) is 3.95. The lowest BCUT2D eigenvalue weighted by Gasteiger charge is -2.29. The molecule has 0 radical (unpaired) electrons. The van der Waals surface area contributed by atoms with Crippen LogP contribution >= 0.6 is 0 Å². The molecule has 2 N–H and O–H groups in total. The molecule has 0 fully saturated rings. The Morgan fingerprint density at radius 3 is 2.05 bits per heavy atom. The van der Waals surface area contributed by atoms with Crippen LogP contribution < -0.4 is 5.32 Å². The Hall–Kier alpha value is -0.900. The molecule has 1 rings (SSSR count). The Labute approximate surface area is 124 Å². The third-order valence-electron chi connectivity index (χ3n) is 3.55. The van der Waals surface area contributed by atoms with Crippen LogP contribution in [0.25, 0.3) is 0 Å². The van der Waals surface area contributed by atoms with Crippen molar-refractivity contribution in [1.29, 1.82) is 0 Å². The van der Waals surface area contributed by atoms with Crippen LogP contribution in [-0.2, 0) is 0 Å². The van der Waals surface area contributed by atoms with Gasteiger partial charge in [0.05, 0.1) is 5.60 Å². The van der Waals surface area contributed by atoms with E-state index in [-0.39, 0.29) is 6.04 Å². The second kappa shape index (κ2) is 7.21. The number of nitrogens with one attached hydrogen (secondary N) is 1. The predicted octanol–water partition coefficient (Wildman–Crippen LogP) is 2.77. The molecular formula is C17H30N2O. The van der Waals surface area contributed by atoms with E-state index in [0.29, 0.717) is 19.0 Å². The van der Waals surface area contributed by atoms with Gasteiger partial charge >= 0.3 is 0 Å². The van der Waals surface area contributed by atoms with Gasteiger partial charge in [-0.05, 0) is 45.0 Å². The summed E-state index contributed by atoms with van der Waals surface area (Å²) in [4.78, 5) is 2.00. The molecule has 0 saturated heterocycles. The molecule has 3 heteroatoms. The highest BCUT2D eigenvalue weighted by atomic mass is 16.3. The first kappa shape index (κ1) is 17.2. The highest BCUT2D eigenvalue weighted by Crippen LogP contribution is 2.19. The molecule has 3 nitrogen and oxygen atoms in total. The number of rotatable bonds is 7. The van der Waals surface area contributed by atoms with E-state index in [1.54, 1.807) is 0 Å². The molecule has 0 bridgehead atoms. The van der Waals surface area contributed by atoms with E-state index in [1.807, 2.05) is 25.9 Å². The van der Waals surface area contributed by atoms with Crippen molar-refractivity contribution in [1.82, 2.24) is 10.2 Å². The minimum atomic E-state index is -0.713. The average Bonchev–Trinajstić information content (AvgIpc) is 2.34. The molecule has 0 heterocycles. The molecule has 2 atom stereocenters. The lowest BCUT2D eigenvalue weighted by Crippen LogP contribution is -2.46. The van der Waals surface area contributed by atoms with E-state index < -0.39 is 5.60 Å². The first-order valence-electron chi connectivity index (χ1n) is 7.41. The number of hydrogen-bond acceptors (Lipinski definition) is 3. The van der Waals surface area contributed by atoms with Crippen molar-refractivity contribution in [3.63, 3.8) is 0 Å². The quantitative estimate of drug-likeness (QED) is 0.805. The molecule has 0 aromatic heterocycles. The summed E-state index contributed by atoms with van der Waals surface area (Å²) in [6, 6.07) is 8.97. The normalized spacial score (nSPS) is 16.4. The first-order valence-corrected chi connectivity index (χ1v) is 7.41. The fraction of sp³-hybridized carbons (Fsp3) is 0.647. The van der Waals surface area contributed by atoms with Crippen molar-refractivity contribution in [2.75, 3.05) is 27.2 Å². The van der Waals surface area contributed by atoms with Gasteiger partial charge in [-0.25, -0.2) is 0 Å². The molecule has 1 aromatic rings. The van der Waals surface area contributed by atoms with E-state index in [4.69, 9.17) is 0 Å². The van der Waals surface area contributed by atoms with Crippen LogP contribution in [0.2, 0.25) is 0 Å². The number of hydrogen-bond donors (Lipinski definition) is 2. The van der Waals surface area contributed by atoms with Crippen molar-refractivity contribution in [2.45, 2.75) is 45.3 Å². The van der Waals surface area contributed by atoms with Gasteiger partial charge < -0.3 is 15.3 Å². The molecule has 0 spiro atoms. The smallest absolute Gasteiger partial charge is 0.0869 e. The van der Waals surface area contributed by atoms with Gasteiger partial charge in [0, 0.05) is 19.1 Å². The van der Waals surface area contributed by atoms with Crippen molar-refractivity contribution < 1.29 is 5.11 Å². The zero-order valence-corrected chi connectivity index (χ0v) is 13.8. The predicted molar refractivity (Wildman–Crippen MR) is 86.1 cm³/mol. The summed E-state index contributed by atoms with van der Waals surface area (Å²) < 4.78 is 0. The van der Waals surface area contributed by atoms with Crippen LogP contribution in [0, 0.1) is 0 Å². The second-order valence-corrected chi connectivity index (χ2v) is 6.66. The largest absolute Gasteiger partial charge is 0.388 e. The minimum absolute atomic E-state index is 0.241. The molecule has 0 amide bonds. The molecule has 0 saturated carbocycles. The Bertz CT molecular complexity index is 396. The summed E-state index contributed by atoms with van der Waals surface area (Å²) in [5.41, 5.74) is 1.91. The van der Waals surface area contributed by atoms with E-state index in [9.17, 15) is 5.11 Å². The fourth-order valence-electron chi connectivity index (χ4n) is 2.40. The molecular weight excluding hydrogens is 248 g/mol. The maximum atomic E-state index is 10.3. The van der Waals surface area contributed by atoms with Crippen molar-refractivity contribution >= 4 is 0 Å². The Balaban J connectivity index is 2.56. The topological polar surface area (TPSA) is 35.5 Å². The first-order chi connectivity index (χ1) is 9.21. The number of nitrogens with zero attached hydrogens (tertiary/aromatic N) is 1. The number of likely N-dealkylation sites (N-methyl/N-ethyl adjacent to an activating group) is 1. The van der Waals surface area contributed by atoms with E-state index in [1.165, 1.54) is 11.1 Å². The summed E-state index contributed by atoms with van der Waals surface area (Å²) in [5.74, 6) is 0.563.